The minimum atomic E-state index is -1.46. The summed E-state index contributed by atoms with van der Waals surface area (Å²) in [5, 5.41) is 21.1. The molecule has 0 heterocycles. The SMILES string of the molecule is C=CC(=O)OOOC(=O)C(=C)C(O)CO. The Morgan fingerprint density at radius 1 is 1.40 bits per heavy atom. The van der Waals surface area contributed by atoms with Crippen molar-refractivity contribution in [1.29, 1.82) is 0 Å². The summed E-state index contributed by atoms with van der Waals surface area (Å²) in [6.45, 7) is 5.47. The topological polar surface area (TPSA) is 102 Å². The second-order valence-corrected chi connectivity index (χ2v) is 2.27. The fourth-order valence-electron chi connectivity index (χ4n) is 0.415. The Hall–Kier alpha value is -1.70. The molecule has 0 aromatic rings. The van der Waals surface area contributed by atoms with Crippen LogP contribution >= 0.6 is 0 Å². The van der Waals surface area contributed by atoms with Crippen LogP contribution < -0.4 is 0 Å². The molecule has 0 radical (unpaired) electrons. The van der Waals surface area contributed by atoms with Crippen LogP contribution in [0.25, 0.3) is 0 Å². The summed E-state index contributed by atoms with van der Waals surface area (Å²) < 4.78 is 0. The molecule has 0 amide bonds. The molecule has 0 aliphatic heterocycles. The molecule has 0 aromatic heterocycles. The Morgan fingerprint density at radius 2 is 2.00 bits per heavy atom. The lowest BCUT2D eigenvalue weighted by Crippen LogP contribution is -2.22. The lowest BCUT2D eigenvalue weighted by molar-refractivity contribution is -0.456. The first-order valence-corrected chi connectivity index (χ1v) is 3.72. The zero-order valence-corrected chi connectivity index (χ0v) is 7.71. The molecule has 7 nitrogen and oxygen atoms in total. The number of aliphatic hydroxyl groups excluding tert-OH is 2. The highest BCUT2D eigenvalue weighted by Crippen LogP contribution is 2.02. The Morgan fingerprint density at radius 3 is 2.47 bits per heavy atom. The number of rotatable bonds is 6. The van der Waals surface area contributed by atoms with E-state index in [1.54, 1.807) is 0 Å². The number of carbonyl (C=O) groups excluding carboxylic acids is 2. The standard InChI is InChI=1S/C8H10O7/c1-3-7(11)13-15-14-8(12)5(2)6(10)4-9/h3,6,9-10H,1-2,4H2. The summed E-state index contributed by atoms with van der Waals surface area (Å²) >= 11 is 0. The van der Waals surface area contributed by atoms with Gasteiger partial charge in [0, 0.05) is 11.1 Å². The molecule has 0 saturated heterocycles. The molecule has 15 heavy (non-hydrogen) atoms. The van der Waals surface area contributed by atoms with Crippen LogP contribution in [0.3, 0.4) is 0 Å². The molecule has 0 fully saturated rings. The Balaban J connectivity index is 3.89. The fraction of sp³-hybridized carbons (Fsp3) is 0.250. The molecule has 0 aromatic carbocycles. The lowest BCUT2D eigenvalue weighted by atomic mass is 10.2. The minimum absolute atomic E-state index is 0.438. The van der Waals surface area contributed by atoms with Gasteiger partial charge in [-0.3, -0.25) is 9.78 Å². The van der Waals surface area contributed by atoms with E-state index in [0.717, 1.165) is 6.08 Å². The van der Waals surface area contributed by atoms with Gasteiger partial charge in [0.25, 0.3) is 0 Å². The normalized spacial score (nSPS) is 11.3. The zero-order valence-electron chi connectivity index (χ0n) is 7.71. The van der Waals surface area contributed by atoms with Crippen LogP contribution in [0.5, 0.6) is 0 Å². The van der Waals surface area contributed by atoms with E-state index in [0.29, 0.717) is 0 Å². The van der Waals surface area contributed by atoms with Gasteiger partial charge in [-0.05, 0) is 0 Å². The van der Waals surface area contributed by atoms with Crippen molar-refractivity contribution in [2.45, 2.75) is 6.10 Å². The van der Waals surface area contributed by atoms with Gasteiger partial charge in [-0.25, -0.2) is 9.59 Å². The van der Waals surface area contributed by atoms with E-state index in [9.17, 15) is 9.59 Å². The van der Waals surface area contributed by atoms with Crippen molar-refractivity contribution >= 4 is 11.9 Å². The molecule has 0 aliphatic carbocycles. The Labute approximate surface area is 85.0 Å². The van der Waals surface area contributed by atoms with E-state index in [1.807, 2.05) is 0 Å². The third-order valence-corrected chi connectivity index (χ3v) is 1.23. The summed E-state index contributed by atoms with van der Waals surface area (Å²) in [6.07, 6.45) is -0.679. The highest BCUT2D eigenvalue weighted by atomic mass is 17.5. The van der Waals surface area contributed by atoms with E-state index in [1.165, 1.54) is 0 Å². The Bertz CT molecular complexity index is 270. The van der Waals surface area contributed by atoms with Crippen LogP contribution in [0.4, 0.5) is 0 Å². The van der Waals surface area contributed by atoms with Crippen molar-refractivity contribution < 1.29 is 34.6 Å². The summed E-state index contributed by atoms with van der Waals surface area (Å²) in [5.41, 5.74) is -0.438. The van der Waals surface area contributed by atoms with Crippen LogP contribution in [0.15, 0.2) is 24.8 Å². The molecule has 0 rings (SSSR count). The smallest absolute Gasteiger partial charge is 0.375 e. The predicted molar refractivity (Wildman–Crippen MR) is 45.7 cm³/mol. The van der Waals surface area contributed by atoms with Gasteiger partial charge in [0.2, 0.25) is 0 Å². The van der Waals surface area contributed by atoms with Crippen LogP contribution in [0.2, 0.25) is 0 Å². The molecule has 0 saturated carbocycles. The second-order valence-electron chi connectivity index (χ2n) is 2.27. The molecule has 2 N–H and O–H groups in total. The fourth-order valence-corrected chi connectivity index (χ4v) is 0.415. The van der Waals surface area contributed by atoms with Crippen LogP contribution in [0, 0.1) is 0 Å². The van der Waals surface area contributed by atoms with Gasteiger partial charge in [0.15, 0.2) is 0 Å². The maximum Gasteiger partial charge on any atom is 0.375 e. The number of aliphatic hydroxyl groups is 2. The van der Waals surface area contributed by atoms with E-state index in [2.05, 4.69) is 28.0 Å². The molecule has 1 atom stereocenters. The van der Waals surface area contributed by atoms with Gasteiger partial charge < -0.3 is 10.2 Å². The average Bonchev–Trinajstić information content (AvgIpc) is 2.26. The lowest BCUT2D eigenvalue weighted by Gasteiger charge is -2.07. The first kappa shape index (κ1) is 13.3. The first-order chi connectivity index (χ1) is 7.02. The van der Waals surface area contributed by atoms with E-state index >= 15 is 0 Å². The van der Waals surface area contributed by atoms with Crippen LogP contribution in [-0.4, -0.2) is 34.9 Å². The van der Waals surface area contributed by atoms with Gasteiger partial charge in [0.1, 0.15) is 6.10 Å². The predicted octanol–water partition coefficient (Wildman–Crippen LogP) is -0.985. The van der Waals surface area contributed by atoms with Crippen molar-refractivity contribution in [2.75, 3.05) is 6.61 Å². The Kier molecular flexibility index (Phi) is 5.95. The van der Waals surface area contributed by atoms with E-state index < -0.39 is 30.2 Å². The van der Waals surface area contributed by atoms with Crippen molar-refractivity contribution in [3.05, 3.63) is 24.8 Å². The highest BCUT2D eigenvalue weighted by molar-refractivity contribution is 5.88. The summed E-state index contributed by atoms with van der Waals surface area (Å²) in [5.74, 6) is -2.13. The maximum atomic E-state index is 10.9. The quantitative estimate of drug-likeness (QED) is 0.335. The van der Waals surface area contributed by atoms with Gasteiger partial charge in [-0.1, -0.05) is 13.2 Å². The average molecular weight is 218 g/mol. The van der Waals surface area contributed by atoms with Crippen LogP contribution in [-0.2, 0) is 24.4 Å². The number of hydrogen-bond donors (Lipinski definition) is 2. The monoisotopic (exact) mass is 218 g/mol. The molecule has 0 bridgehead atoms. The summed E-state index contributed by atoms with van der Waals surface area (Å²) in [7, 11) is 0. The third-order valence-electron chi connectivity index (χ3n) is 1.23. The van der Waals surface area contributed by atoms with Crippen molar-refractivity contribution in [1.82, 2.24) is 0 Å². The van der Waals surface area contributed by atoms with Gasteiger partial charge in [-0.15, -0.1) is 0 Å². The van der Waals surface area contributed by atoms with Gasteiger partial charge >= 0.3 is 11.9 Å². The van der Waals surface area contributed by atoms with Crippen LogP contribution in [0.1, 0.15) is 0 Å². The molecular weight excluding hydrogens is 208 g/mol. The van der Waals surface area contributed by atoms with Crippen molar-refractivity contribution in [2.24, 2.45) is 0 Å². The summed E-state index contributed by atoms with van der Waals surface area (Å²) in [6, 6.07) is 0. The largest absolute Gasteiger partial charge is 0.393 e. The van der Waals surface area contributed by atoms with Gasteiger partial charge in [-0.2, -0.15) is 0 Å². The number of carbonyl (C=O) groups is 2. The summed E-state index contributed by atoms with van der Waals surface area (Å²) in [4.78, 5) is 29.0. The molecule has 0 aliphatic rings. The van der Waals surface area contributed by atoms with E-state index in [-0.39, 0.29) is 0 Å². The molecule has 0 spiro atoms. The molecule has 7 heteroatoms. The molecule has 84 valence electrons. The second kappa shape index (κ2) is 6.71. The third kappa shape index (κ3) is 4.91. The van der Waals surface area contributed by atoms with Gasteiger partial charge in [0.05, 0.1) is 12.2 Å². The first-order valence-electron chi connectivity index (χ1n) is 3.72. The highest BCUT2D eigenvalue weighted by Gasteiger charge is 2.18. The van der Waals surface area contributed by atoms with Crippen molar-refractivity contribution in [3.8, 4) is 0 Å². The maximum absolute atomic E-state index is 10.9. The number of hydrogen-bond acceptors (Lipinski definition) is 7. The van der Waals surface area contributed by atoms with E-state index in [4.69, 9.17) is 10.2 Å². The van der Waals surface area contributed by atoms with Crippen molar-refractivity contribution in [3.63, 3.8) is 0 Å². The zero-order chi connectivity index (χ0) is 11.8. The molecular formula is C8H10O7. The minimum Gasteiger partial charge on any atom is -0.393 e. The molecule has 1 unspecified atom stereocenters.